The van der Waals surface area contributed by atoms with Crippen molar-refractivity contribution < 1.29 is 24.5 Å². The van der Waals surface area contributed by atoms with Crippen molar-refractivity contribution in [1.82, 2.24) is 5.32 Å². The first-order valence-electron chi connectivity index (χ1n) is 29.3. The number of aliphatic hydroxyl groups is 2. The SMILES string of the molecule is CCCCCC/C=C\C/C=C\CCCCCCCC(=O)OCCCCCCCCCCCCCCCCCCCCCCCCC(=O)NC(CO)C(O)/C=C/CCCCCCCCCCC. The molecule has 0 aliphatic carbocycles. The molecule has 0 aromatic rings. The van der Waals surface area contributed by atoms with Crippen LogP contribution in [-0.2, 0) is 14.3 Å². The molecule has 0 aromatic heterocycles. The molecule has 0 bridgehead atoms. The number of esters is 1. The molecule has 3 N–H and O–H groups in total. The number of allylic oxidation sites excluding steroid dienone is 5. The second-order valence-electron chi connectivity index (χ2n) is 20.0. The molecule has 66 heavy (non-hydrogen) atoms. The molecule has 0 aliphatic rings. The maximum absolute atomic E-state index is 12.4. The van der Waals surface area contributed by atoms with Crippen LogP contribution in [0.3, 0.4) is 0 Å². The van der Waals surface area contributed by atoms with Crippen molar-refractivity contribution in [3.05, 3.63) is 36.5 Å². The fourth-order valence-electron chi connectivity index (χ4n) is 8.90. The van der Waals surface area contributed by atoms with Crippen LogP contribution in [0.2, 0.25) is 0 Å². The van der Waals surface area contributed by atoms with Gasteiger partial charge in [-0.05, 0) is 64.2 Å². The Hall–Kier alpha value is -1.92. The van der Waals surface area contributed by atoms with Gasteiger partial charge < -0.3 is 20.3 Å². The number of amides is 1. The summed E-state index contributed by atoms with van der Waals surface area (Å²) in [5.41, 5.74) is 0. The van der Waals surface area contributed by atoms with Gasteiger partial charge in [0.1, 0.15) is 0 Å². The quantitative estimate of drug-likeness (QED) is 0.0321. The van der Waals surface area contributed by atoms with E-state index in [2.05, 4.69) is 43.5 Å². The van der Waals surface area contributed by atoms with E-state index in [-0.39, 0.29) is 18.5 Å². The molecule has 0 saturated carbocycles. The van der Waals surface area contributed by atoms with Crippen LogP contribution in [0.15, 0.2) is 36.5 Å². The highest BCUT2D eigenvalue weighted by Crippen LogP contribution is 2.17. The van der Waals surface area contributed by atoms with Crippen LogP contribution >= 0.6 is 0 Å². The Morgan fingerprint density at radius 2 is 0.758 bits per heavy atom. The summed E-state index contributed by atoms with van der Waals surface area (Å²) in [5.74, 6) is -0.0706. The molecule has 6 heteroatoms. The van der Waals surface area contributed by atoms with E-state index in [1.807, 2.05) is 6.08 Å². The van der Waals surface area contributed by atoms with Crippen LogP contribution in [0.5, 0.6) is 0 Å². The van der Waals surface area contributed by atoms with Gasteiger partial charge >= 0.3 is 5.97 Å². The van der Waals surface area contributed by atoms with E-state index in [4.69, 9.17) is 4.74 Å². The lowest BCUT2D eigenvalue weighted by atomic mass is 10.0. The first-order chi connectivity index (χ1) is 32.5. The summed E-state index contributed by atoms with van der Waals surface area (Å²) in [6.45, 7) is 4.87. The minimum absolute atomic E-state index is 0.00109. The molecule has 0 aliphatic heterocycles. The third kappa shape index (κ3) is 51.5. The number of nitrogens with one attached hydrogen (secondary N) is 1. The van der Waals surface area contributed by atoms with Gasteiger partial charge in [-0.1, -0.05) is 269 Å². The lowest BCUT2D eigenvalue weighted by Crippen LogP contribution is -2.45. The Balaban J connectivity index is 3.38. The highest BCUT2D eigenvalue weighted by atomic mass is 16.5. The third-order valence-electron chi connectivity index (χ3n) is 13.4. The zero-order valence-corrected chi connectivity index (χ0v) is 44.2. The van der Waals surface area contributed by atoms with Crippen molar-refractivity contribution in [2.45, 2.75) is 321 Å². The standard InChI is InChI=1S/C60H113NO5/c1-3-5-7-9-11-13-15-16-17-27-30-34-38-42-46-50-54-60(65)66-55-51-47-43-39-35-31-28-25-23-21-19-18-20-22-24-26-29-33-37-41-45-49-53-59(64)61-57(56-62)58(63)52-48-44-40-36-32-14-12-10-8-6-4-2/h13,15,17,27,48,52,57-58,62-63H,3-12,14,16,18-26,28-47,49-51,53-56H2,1-2H3,(H,61,64)/b15-13-,27-17-,52-48+. The second kappa shape index (κ2) is 55.7. The molecular formula is C60H113NO5. The maximum atomic E-state index is 12.4. The number of carbonyl (C=O) groups is 2. The minimum atomic E-state index is -0.843. The third-order valence-corrected chi connectivity index (χ3v) is 13.4. The smallest absolute Gasteiger partial charge is 0.305 e. The van der Waals surface area contributed by atoms with Gasteiger partial charge in [-0.15, -0.1) is 0 Å². The largest absolute Gasteiger partial charge is 0.466 e. The number of ether oxygens (including phenoxy) is 1. The van der Waals surface area contributed by atoms with Crippen LogP contribution in [0.1, 0.15) is 309 Å². The average molecular weight is 929 g/mol. The van der Waals surface area contributed by atoms with Crippen LogP contribution < -0.4 is 5.32 Å². The van der Waals surface area contributed by atoms with Crippen molar-refractivity contribution in [2.24, 2.45) is 0 Å². The van der Waals surface area contributed by atoms with Gasteiger partial charge in [0, 0.05) is 12.8 Å². The van der Waals surface area contributed by atoms with Crippen LogP contribution in [-0.4, -0.2) is 47.4 Å². The molecule has 0 fully saturated rings. The van der Waals surface area contributed by atoms with Crippen molar-refractivity contribution in [3.8, 4) is 0 Å². The van der Waals surface area contributed by atoms with Crippen molar-refractivity contribution in [1.29, 1.82) is 0 Å². The fraction of sp³-hybridized carbons (Fsp3) is 0.867. The predicted octanol–water partition coefficient (Wildman–Crippen LogP) is 18.0. The summed E-state index contributed by atoms with van der Waals surface area (Å²) in [7, 11) is 0. The lowest BCUT2D eigenvalue weighted by molar-refractivity contribution is -0.143. The molecule has 2 unspecified atom stereocenters. The van der Waals surface area contributed by atoms with Crippen molar-refractivity contribution >= 4 is 11.9 Å². The van der Waals surface area contributed by atoms with Gasteiger partial charge in [-0.2, -0.15) is 0 Å². The van der Waals surface area contributed by atoms with E-state index in [1.54, 1.807) is 6.08 Å². The molecule has 0 radical (unpaired) electrons. The highest BCUT2D eigenvalue weighted by Gasteiger charge is 2.18. The first kappa shape index (κ1) is 64.1. The summed E-state index contributed by atoms with van der Waals surface area (Å²) in [5, 5.41) is 23.0. The zero-order chi connectivity index (χ0) is 47.9. The Bertz CT molecular complexity index is 1070. The van der Waals surface area contributed by atoms with Gasteiger partial charge in [0.2, 0.25) is 5.91 Å². The fourth-order valence-corrected chi connectivity index (χ4v) is 8.90. The Morgan fingerprint density at radius 1 is 0.424 bits per heavy atom. The second-order valence-corrected chi connectivity index (χ2v) is 20.0. The zero-order valence-electron chi connectivity index (χ0n) is 44.2. The number of aliphatic hydroxyl groups excluding tert-OH is 2. The molecule has 1 amide bonds. The summed E-state index contributed by atoms with van der Waals surface area (Å²) >= 11 is 0. The van der Waals surface area contributed by atoms with Crippen molar-refractivity contribution in [2.75, 3.05) is 13.2 Å². The Labute approximate surface area is 411 Å². The number of rotatable bonds is 54. The molecule has 6 nitrogen and oxygen atoms in total. The maximum Gasteiger partial charge on any atom is 0.305 e. The Kier molecular flexibility index (Phi) is 54.1. The highest BCUT2D eigenvalue weighted by molar-refractivity contribution is 5.76. The number of carbonyl (C=O) groups excluding carboxylic acids is 2. The van der Waals surface area contributed by atoms with Crippen LogP contribution in [0.25, 0.3) is 0 Å². The van der Waals surface area contributed by atoms with Gasteiger partial charge in [-0.25, -0.2) is 0 Å². The van der Waals surface area contributed by atoms with E-state index in [9.17, 15) is 19.8 Å². The minimum Gasteiger partial charge on any atom is -0.466 e. The summed E-state index contributed by atoms with van der Waals surface area (Å²) < 4.78 is 5.48. The molecule has 0 saturated heterocycles. The summed E-state index contributed by atoms with van der Waals surface area (Å²) in [6.07, 6.45) is 68.9. The van der Waals surface area contributed by atoms with Gasteiger partial charge in [0.25, 0.3) is 0 Å². The van der Waals surface area contributed by atoms with Crippen molar-refractivity contribution in [3.63, 3.8) is 0 Å². The molecule has 2 atom stereocenters. The van der Waals surface area contributed by atoms with Gasteiger partial charge in [0.05, 0.1) is 25.4 Å². The predicted molar refractivity (Wildman–Crippen MR) is 287 cm³/mol. The van der Waals surface area contributed by atoms with E-state index in [0.717, 1.165) is 51.4 Å². The monoisotopic (exact) mass is 928 g/mol. The Morgan fingerprint density at radius 3 is 1.17 bits per heavy atom. The molecule has 0 rings (SSSR count). The lowest BCUT2D eigenvalue weighted by Gasteiger charge is -2.20. The van der Waals surface area contributed by atoms with Crippen LogP contribution in [0.4, 0.5) is 0 Å². The normalized spacial score (nSPS) is 12.8. The van der Waals surface area contributed by atoms with Crippen LogP contribution in [0, 0.1) is 0 Å². The topological polar surface area (TPSA) is 95.9 Å². The molecule has 0 spiro atoms. The molecule has 0 heterocycles. The molecule has 0 aromatic carbocycles. The van der Waals surface area contributed by atoms with E-state index in [1.165, 1.54) is 231 Å². The average Bonchev–Trinajstić information content (AvgIpc) is 3.32. The summed E-state index contributed by atoms with van der Waals surface area (Å²) in [6, 6.07) is -0.627. The van der Waals surface area contributed by atoms with E-state index in [0.29, 0.717) is 19.4 Å². The number of hydrogen-bond acceptors (Lipinski definition) is 5. The first-order valence-corrected chi connectivity index (χ1v) is 29.3. The molecule has 388 valence electrons. The van der Waals surface area contributed by atoms with Gasteiger partial charge in [0.15, 0.2) is 0 Å². The number of hydrogen-bond donors (Lipinski definition) is 3. The number of unbranched alkanes of at least 4 members (excludes halogenated alkanes) is 39. The molecular weight excluding hydrogens is 815 g/mol. The van der Waals surface area contributed by atoms with E-state index >= 15 is 0 Å². The van der Waals surface area contributed by atoms with E-state index < -0.39 is 12.1 Å². The summed E-state index contributed by atoms with van der Waals surface area (Å²) in [4.78, 5) is 24.5. The van der Waals surface area contributed by atoms with Gasteiger partial charge in [-0.3, -0.25) is 9.59 Å².